The Morgan fingerprint density at radius 3 is 2.31 bits per heavy atom. The van der Waals surface area contributed by atoms with Gasteiger partial charge in [0.15, 0.2) is 5.43 Å². The summed E-state index contributed by atoms with van der Waals surface area (Å²) < 4.78 is 17.4. The molecule has 0 radical (unpaired) electrons. The van der Waals surface area contributed by atoms with Crippen molar-refractivity contribution in [1.82, 2.24) is 9.80 Å². The molecule has 0 N–H and O–H groups in total. The summed E-state index contributed by atoms with van der Waals surface area (Å²) in [5.41, 5.74) is 1.42. The van der Waals surface area contributed by atoms with Gasteiger partial charge < -0.3 is 23.7 Å². The van der Waals surface area contributed by atoms with Crippen LogP contribution in [0.5, 0.6) is 11.5 Å². The average Bonchev–Trinajstić information content (AvgIpc) is 3.12. The highest BCUT2D eigenvalue weighted by molar-refractivity contribution is 5.99. The Balaban J connectivity index is 1.81. The number of fused-ring (bicyclic) bond motifs is 2. The molecule has 1 aliphatic heterocycles. The molecule has 4 rings (SSSR count). The molecule has 1 amide bonds. The van der Waals surface area contributed by atoms with E-state index in [2.05, 4.69) is 18.7 Å². The largest absolute Gasteiger partial charge is 0.494 e. The van der Waals surface area contributed by atoms with Crippen molar-refractivity contribution < 1.29 is 18.7 Å². The van der Waals surface area contributed by atoms with Crippen LogP contribution in [0.4, 0.5) is 0 Å². The Labute approximate surface area is 206 Å². The molecule has 2 heterocycles. The zero-order valence-corrected chi connectivity index (χ0v) is 21.2. The van der Waals surface area contributed by atoms with E-state index in [0.29, 0.717) is 42.0 Å². The predicted molar refractivity (Wildman–Crippen MR) is 137 cm³/mol. The summed E-state index contributed by atoms with van der Waals surface area (Å²) in [5.74, 6) is 1.20. The second-order valence-corrected chi connectivity index (χ2v) is 8.93. The first-order chi connectivity index (χ1) is 16.9. The van der Waals surface area contributed by atoms with Crippen LogP contribution in [0.1, 0.15) is 62.3 Å². The van der Waals surface area contributed by atoms with Crippen molar-refractivity contribution in [3.05, 3.63) is 69.6 Å². The molecule has 0 spiro atoms. The smallest absolute Gasteiger partial charge is 0.290 e. The number of carbonyl (C=O) groups excluding carboxylic acids is 1. The first kappa shape index (κ1) is 24.8. The van der Waals surface area contributed by atoms with Crippen LogP contribution in [-0.2, 0) is 0 Å². The fourth-order valence-electron chi connectivity index (χ4n) is 4.62. The van der Waals surface area contributed by atoms with Gasteiger partial charge >= 0.3 is 0 Å². The number of nitrogens with zero attached hydrogens (tertiary/aromatic N) is 2. The molecule has 1 aromatic heterocycles. The van der Waals surface area contributed by atoms with Crippen molar-refractivity contribution >= 4 is 16.9 Å². The van der Waals surface area contributed by atoms with Gasteiger partial charge in [0.2, 0.25) is 5.76 Å². The van der Waals surface area contributed by atoms with Gasteiger partial charge in [0, 0.05) is 19.2 Å². The first-order valence-corrected chi connectivity index (χ1v) is 12.4. The molecule has 35 heavy (non-hydrogen) atoms. The van der Waals surface area contributed by atoms with E-state index >= 15 is 0 Å². The van der Waals surface area contributed by atoms with Crippen molar-refractivity contribution in [2.75, 3.05) is 32.8 Å². The van der Waals surface area contributed by atoms with E-state index in [1.807, 2.05) is 45.0 Å². The topological polar surface area (TPSA) is 72.2 Å². The van der Waals surface area contributed by atoms with Gasteiger partial charge in [-0.05, 0) is 63.7 Å². The molecule has 0 fully saturated rings. The minimum Gasteiger partial charge on any atom is -0.494 e. The van der Waals surface area contributed by atoms with Crippen molar-refractivity contribution in [2.24, 2.45) is 0 Å². The molecule has 0 aliphatic carbocycles. The summed E-state index contributed by atoms with van der Waals surface area (Å²) in [6, 6.07) is 12.3. The second-order valence-electron chi connectivity index (χ2n) is 8.93. The third-order valence-corrected chi connectivity index (χ3v) is 6.37. The van der Waals surface area contributed by atoms with Crippen LogP contribution in [0.3, 0.4) is 0 Å². The fraction of sp³-hybridized carbons (Fsp3) is 0.429. The maximum absolute atomic E-state index is 13.7. The highest BCUT2D eigenvalue weighted by Gasteiger charge is 2.42. The van der Waals surface area contributed by atoms with Gasteiger partial charge in [-0.25, -0.2) is 0 Å². The second kappa shape index (κ2) is 10.5. The molecule has 3 aromatic rings. The highest BCUT2D eigenvalue weighted by atomic mass is 16.5. The Morgan fingerprint density at radius 1 is 1.00 bits per heavy atom. The molecule has 1 aliphatic rings. The number of hydrogen-bond acceptors (Lipinski definition) is 6. The Morgan fingerprint density at radius 2 is 1.69 bits per heavy atom. The predicted octanol–water partition coefficient (Wildman–Crippen LogP) is 4.87. The summed E-state index contributed by atoms with van der Waals surface area (Å²) >= 11 is 0. The van der Waals surface area contributed by atoms with Gasteiger partial charge in [-0.1, -0.05) is 26.0 Å². The lowest BCUT2D eigenvalue weighted by Gasteiger charge is -2.28. The quantitative estimate of drug-likeness (QED) is 0.414. The average molecular weight is 479 g/mol. The van der Waals surface area contributed by atoms with Crippen LogP contribution < -0.4 is 14.9 Å². The standard InChI is InChI=1S/C28H34N2O5/c1-6-29(7-2)15-16-30-25(19-9-11-20(12-10-19)34-18(4)5)24-26(31)22-14-13-21(33-8-3)17-23(22)35-27(24)28(30)32/h9-14,17-18,25H,6-8,15-16H2,1-5H3. The van der Waals surface area contributed by atoms with Crippen LogP contribution >= 0.6 is 0 Å². The first-order valence-electron chi connectivity index (χ1n) is 12.4. The maximum Gasteiger partial charge on any atom is 0.290 e. The van der Waals surface area contributed by atoms with E-state index in [9.17, 15) is 9.59 Å². The van der Waals surface area contributed by atoms with Gasteiger partial charge in [-0.3, -0.25) is 9.59 Å². The van der Waals surface area contributed by atoms with Crippen molar-refractivity contribution in [1.29, 1.82) is 0 Å². The summed E-state index contributed by atoms with van der Waals surface area (Å²) in [5, 5.41) is 0.440. The SMILES string of the molecule is CCOc1ccc2c(=O)c3c(oc2c1)C(=O)N(CCN(CC)CC)C3c1ccc(OC(C)C)cc1. The molecule has 0 saturated carbocycles. The van der Waals surface area contributed by atoms with Crippen LogP contribution in [0, 0.1) is 0 Å². The van der Waals surface area contributed by atoms with E-state index in [1.165, 1.54) is 0 Å². The number of ether oxygens (including phenoxy) is 2. The molecule has 1 unspecified atom stereocenters. The minimum absolute atomic E-state index is 0.0557. The van der Waals surface area contributed by atoms with Gasteiger partial charge in [0.1, 0.15) is 17.1 Å². The van der Waals surface area contributed by atoms with Crippen LogP contribution in [0.25, 0.3) is 11.0 Å². The van der Waals surface area contributed by atoms with Crippen molar-refractivity contribution in [3.63, 3.8) is 0 Å². The summed E-state index contributed by atoms with van der Waals surface area (Å²) in [6.45, 7) is 13.5. The van der Waals surface area contributed by atoms with Crippen LogP contribution in [-0.4, -0.2) is 54.6 Å². The lowest BCUT2D eigenvalue weighted by Crippen LogP contribution is -2.37. The fourth-order valence-corrected chi connectivity index (χ4v) is 4.62. The van der Waals surface area contributed by atoms with Crippen molar-refractivity contribution in [2.45, 2.75) is 46.8 Å². The molecule has 2 aromatic carbocycles. The van der Waals surface area contributed by atoms with Gasteiger partial charge in [-0.2, -0.15) is 0 Å². The van der Waals surface area contributed by atoms with E-state index < -0.39 is 6.04 Å². The molecule has 7 heteroatoms. The number of likely N-dealkylation sites (N-methyl/N-ethyl adjacent to an activating group) is 1. The Bertz CT molecular complexity index is 1240. The number of benzene rings is 2. The number of hydrogen-bond donors (Lipinski definition) is 0. The number of amides is 1. The third-order valence-electron chi connectivity index (χ3n) is 6.37. The van der Waals surface area contributed by atoms with E-state index in [-0.39, 0.29) is 23.2 Å². The van der Waals surface area contributed by atoms with Gasteiger partial charge in [0.05, 0.1) is 29.7 Å². The van der Waals surface area contributed by atoms with Crippen molar-refractivity contribution in [3.8, 4) is 11.5 Å². The number of rotatable bonds is 10. The zero-order chi connectivity index (χ0) is 25.1. The normalized spacial score (nSPS) is 15.3. The van der Waals surface area contributed by atoms with E-state index in [1.54, 1.807) is 23.1 Å². The van der Waals surface area contributed by atoms with Gasteiger partial charge in [0.25, 0.3) is 5.91 Å². The molecule has 186 valence electrons. The highest BCUT2D eigenvalue weighted by Crippen LogP contribution is 2.39. The Hall–Kier alpha value is -3.32. The maximum atomic E-state index is 13.7. The molecule has 1 atom stereocenters. The molecular formula is C28H34N2O5. The lowest BCUT2D eigenvalue weighted by atomic mass is 9.98. The third kappa shape index (κ3) is 4.91. The lowest BCUT2D eigenvalue weighted by molar-refractivity contribution is 0.0708. The summed E-state index contributed by atoms with van der Waals surface area (Å²) in [7, 11) is 0. The minimum atomic E-state index is -0.520. The number of carbonyl (C=O) groups is 1. The summed E-state index contributed by atoms with van der Waals surface area (Å²) in [4.78, 5) is 31.3. The monoisotopic (exact) mass is 478 g/mol. The van der Waals surface area contributed by atoms with Crippen LogP contribution in [0.15, 0.2) is 51.7 Å². The molecular weight excluding hydrogens is 444 g/mol. The zero-order valence-electron chi connectivity index (χ0n) is 21.2. The van der Waals surface area contributed by atoms with E-state index in [0.717, 1.165) is 24.4 Å². The molecule has 7 nitrogen and oxygen atoms in total. The van der Waals surface area contributed by atoms with E-state index in [4.69, 9.17) is 13.9 Å². The van der Waals surface area contributed by atoms with Gasteiger partial charge in [-0.15, -0.1) is 0 Å². The molecule has 0 bridgehead atoms. The molecule has 0 saturated heterocycles. The van der Waals surface area contributed by atoms with Crippen LogP contribution in [0.2, 0.25) is 0 Å². The summed E-state index contributed by atoms with van der Waals surface area (Å²) in [6.07, 6.45) is 0.0557. The Kier molecular flexibility index (Phi) is 7.45.